The molecule has 1 aromatic heterocycles. The summed E-state index contributed by atoms with van der Waals surface area (Å²) in [5.74, 6) is 0.969. The van der Waals surface area contributed by atoms with Gasteiger partial charge in [-0.1, -0.05) is 11.2 Å². The number of hydrogen-bond donors (Lipinski definition) is 0. The van der Waals surface area contributed by atoms with Crippen LogP contribution < -0.4 is 4.90 Å². The molecule has 1 aromatic carbocycles. The van der Waals surface area contributed by atoms with Crippen molar-refractivity contribution >= 4 is 11.4 Å². The SMILES string of the molecule is Cc1ccc(N(C)Cc2noc(C)n2)c([N+](=O)[O-])c1. The van der Waals surface area contributed by atoms with E-state index in [1.807, 2.05) is 13.0 Å². The summed E-state index contributed by atoms with van der Waals surface area (Å²) in [6.45, 7) is 3.87. The number of nitrogens with zero attached hydrogens (tertiary/aromatic N) is 4. The zero-order valence-corrected chi connectivity index (χ0v) is 11.0. The Labute approximate surface area is 110 Å². The first-order valence-electron chi connectivity index (χ1n) is 5.72. The van der Waals surface area contributed by atoms with E-state index in [0.717, 1.165) is 5.56 Å². The quantitative estimate of drug-likeness (QED) is 0.620. The number of anilines is 1. The minimum absolute atomic E-state index is 0.0720. The van der Waals surface area contributed by atoms with Crippen molar-refractivity contribution in [3.8, 4) is 0 Å². The van der Waals surface area contributed by atoms with Crippen molar-refractivity contribution in [2.45, 2.75) is 20.4 Å². The van der Waals surface area contributed by atoms with Gasteiger partial charge in [-0.05, 0) is 18.6 Å². The Morgan fingerprint density at radius 1 is 1.42 bits per heavy atom. The third-order valence-electron chi connectivity index (χ3n) is 2.69. The molecule has 1 heterocycles. The molecule has 0 aliphatic rings. The number of aromatic nitrogens is 2. The van der Waals surface area contributed by atoms with E-state index in [2.05, 4.69) is 10.1 Å². The number of benzene rings is 1. The van der Waals surface area contributed by atoms with Gasteiger partial charge in [0, 0.05) is 20.0 Å². The van der Waals surface area contributed by atoms with Crippen molar-refractivity contribution in [3.05, 3.63) is 45.6 Å². The maximum Gasteiger partial charge on any atom is 0.292 e. The van der Waals surface area contributed by atoms with E-state index in [0.29, 0.717) is 23.9 Å². The van der Waals surface area contributed by atoms with Crippen molar-refractivity contribution < 1.29 is 9.45 Å². The third kappa shape index (κ3) is 2.87. The van der Waals surface area contributed by atoms with Crippen LogP contribution in [0.15, 0.2) is 22.7 Å². The van der Waals surface area contributed by atoms with Gasteiger partial charge >= 0.3 is 0 Å². The van der Waals surface area contributed by atoms with Crippen LogP contribution in [0.2, 0.25) is 0 Å². The van der Waals surface area contributed by atoms with Crippen LogP contribution in [0.4, 0.5) is 11.4 Å². The largest absolute Gasteiger partial charge is 0.361 e. The lowest BCUT2D eigenvalue weighted by molar-refractivity contribution is -0.384. The molecule has 0 unspecified atom stereocenters. The maximum absolute atomic E-state index is 11.1. The highest BCUT2D eigenvalue weighted by Gasteiger charge is 2.18. The molecule has 0 saturated heterocycles. The van der Waals surface area contributed by atoms with Gasteiger partial charge in [-0.2, -0.15) is 4.98 Å². The smallest absolute Gasteiger partial charge is 0.292 e. The number of aryl methyl sites for hydroxylation is 2. The maximum atomic E-state index is 11.1. The molecule has 0 N–H and O–H groups in total. The lowest BCUT2D eigenvalue weighted by Gasteiger charge is -2.17. The van der Waals surface area contributed by atoms with Gasteiger partial charge in [0.1, 0.15) is 5.69 Å². The van der Waals surface area contributed by atoms with Gasteiger partial charge in [0.2, 0.25) is 5.89 Å². The molecule has 0 aliphatic heterocycles. The third-order valence-corrected chi connectivity index (χ3v) is 2.69. The second kappa shape index (κ2) is 5.05. The van der Waals surface area contributed by atoms with Gasteiger partial charge in [0.25, 0.3) is 5.69 Å². The number of hydrogen-bond acceptors (Lipinski definition) is 6. The van der Waals surface area contributed by atoms with Gasteiger partial charge in [0.05, 0.1) is 11.5 Å². The van der Waals surface area contributed by atoms with Crippen molar-refractivity contribution in [1.29, 1.82) is 0 Å². The monoisotopic (exact) mass is 262 g/mol. The van der Waals surface area contributed by atoms with Crippen LogP contribution in [0.1, 0.15) is 17.3 Å². The highest BCUT2D eigenvalue weighted by atomic mass is 16.6. The first-order valence-corrected chi connectivity index (χ1v) is 5.72. The Bertz CT molecular complexity index is 609. The number of nitro benzene ring substituents is 1. The molecule has 0 atom stereocenters. The van der Waals surface area contributed by atoms with E-state index in [4.69, 9.17) is 4.52 Å². The molecular weight excluding hydrogens is 248 g/mol. The van der Waals surface area contributed by atoms with E-state index in [1.54, 1.807) is 31.0 Å². The summed E-state index contributed by atoms with van der Waals surface area (Å²) in [6.07, 6.45) is 0. The minimum atomic E-state index is -0.389. The predicted octanol–water partition coefficient (Wildman–Crippen LogP) is 2.23. The molecule has 19 heavy (non-hydrogen) atoms. The van der Waals surface area contributed by atoms with Crippen molar-refractivity contribution in [2.75, 3.05) is 11.9 Å². The summed E-state index contributed by atoms with van der Waals surface area (Å²) in [4.78, 5) is 16.5. The Hall–Kier alpha value is -2.44. The molecule has 7 nitrogen and oxygen atoms in total. The van der Waals surface area contributed by atoms with Crippen LogP contribution in [-0.4, -0.2) is 22.1 Å². The first kappa shape index (κ1) is 13.0. The molecule has 0 bridgehead atoms. The van der Waals surface area contributed by atoms with Crippen molar-refractivity contribution in [3.63, 3.8) is 0 Å². The summed E-state index contributed by atoms with van der Waals surface area (Å²) < 4.78 is 4.88. The van der Waals surface area contributed by atoms with Crippen LogP contribution in [0.25, 0.3) is 0 Å². The van der Waals surface area contributed by atoms with E-state index in [9.17, 15) is 10.1 Å². The van der Waals surface area contributed by atoms with Crippen LogP contribution in [0, 0.1) is 24.0 Å². The zero-order chi connectivity index (χ0) is 14.0. The molecule has 0 saturated carbocycles. The van der Waals surface area contributed by atoms with Crippen LogP contribution in [0.5, 0.6) is 0 Å². The second-order valence-corrected chi connectivity index (χ2v) is 4.33. The van der Waals surface area contributed by atoms with Gasteiger partial charge in [0.15, 0.2) is 5.82 Å². The molecule has 0 radical (unpaired) electrons. The van der Waals surface area contributed by atoms with E-state index < -0.39 is 0 Å². The molecular formula is C12H14N4O3. The summed E-state index contributed by atoms with van der Waals surface area (Å²) in [7, 11) is 1.75. The second-order valence-electron chi connectivity index (χ2n) is 4.33. The lowest BCUT2D eigenvalue weighted by atomic mass is 10.2. The average molecular weight is 262 g/mol. The summed E-state index contributed by atoms with van der Waals surface area (Å²) in [5, 5.41) is 14.8. The summed E-state index contributed by atoms with van der Waals surface area (Å²) >= 11 is 0. The molecule has 0 spiro atoms. The summed E-state index contributed by atoms with van der Waals surface area (Å²) in [6, 6.07) is 5.11. The van der Waals surface area contributed by atoms with E-state index in [1.165, 1.54) is 0 Å². The fourth-order valence-electron chi connectivity index (χ4n) is 1.81. The molecule has 2 aromatic rings. The fourth-order valence-corrected chi connectivity index (χ4v) is 1.81. The predicted molar refractivity (Wildman–Crippen MR) is 69.0 cm³/mol. The van der Waals surface area contributed by atoms with Gasteiger partial charge in [-0.15, -0.1) is 0 Å². The van der Waals surface area contributed by atoms with Gasteiger partial charge in [-0.3, -0.25) is 10.1 Å². The fraction of sp³-hybridized carbons (Fsp3) is 0.333. The van der Waals surface area contributed by atoms with Crippen LogP contribution in [-0.2, 0) is 6.54 Å². The van der Waals surface area contributed by atoms with Crippen LogP contribution >= 0.6 is 0 Å². The molecule has 2 rings (SSSR count). The van der Waals surface area contributed by atoms with Crippen LogP contribution in [0.3, 0.4) is 0 Å². The van der Waals surface area contributed by atoms with Gasteiger partial charge < -0.3 is 9.42 Å². The van der Waals surface area contributed by atoms with Gasteiger partial charge in [-0.25, -0.2) is 0 Å². The molecule has 100 valence electrons. The topological polar surface area (TPSA) is 85.3 Å². The molecule has 0 aliphatic carbocycles. The summed E-state index contributed by atoms with van der Waals surface area (Å²) in [5.41, 5.74) is 1.44. The number of rotatable bonds is 4. The van der Waals surface area contributed by atoms with E-state index in [-0.39, 0.29) is 10.6 Å². The Kier molecular flexibility index (Phi) is 3.46. The normalized spacial score (nSPS) is 10.5. The average Bonchev–Trinajstić information content (AvgIpc) is 2.74. The highest BCUT2D eigenvalue weighted by Crippen LogP contribution is 2.28. The molecule has 0 fully saturated rings. The molecule has 7 heteroatoms. The Balaban J connectivity index is 2.28. The minimum Gasteiger partial charge on any atom is -0.361 e. The zero-order valence-electron chi connectivity index (χ0n) is 11.0. The van der Waals surface area contributed by atoms with E-state index >= 15 is 0 Å². The lowest BCUT2D eigenvalue weighted by Crippen LogP contribution is -2.18. The first-order chi connectivity index (χ1) is 8.97. The number of nitro groups is 1. The Morgan fingerprint density at radius 2 is 2.16 bits per heavy atom. The standard InChI is InChI=1S/C12H14N4O3/c1-8-4-5-10(11(6-8)16(17)18)15(3)7-12-13-9(2)19-14-12/h4-6H,7H2,1-3H3. The van der Waals surface area contributed by atoms with Crippen molar-refractivity contribution in [2.24, 2.45) is 0 Å². The van der Waals surface area contributed by atoms with Crippen molar-refractivity contribution in [1.82, 2.24) is 10.1 Å². The molecule has 0 amide bonds. The Morgan fingerprint density at radius 3 is 2.74 bits per heavy atom. The highest BCUT2D eigenvalue weighted by molar-refractivity contribution is 5.63.